The van der Waals surface area contributed by atoms with Crippen LogP contribution in [0.5, 0.6) is 0 Å². The van der Waals surface area contributed by atoms with Gasteiger partial charge in [0, 0.05) is 19.0 Å². The molecular formula is C13H15F2NO4. The lowest BCUT2D eigenvalue weighted by Crippen LogP contribution is -2.28. The van der Waals surface area contributed by atoms with Crippen LogP contribution in [0.1, 0.15) is 35.4 Å². The SMILES string of the molecule is CC(=O)NCCC(O)C(O)c1ccc(F)c(C=O)c1F. The van der Waals surface area contributed by atoms with Gasteiger partial charge in [-0.15, -0.1) is 0 Å². The van der Waals surface area contributed by atoms with Gasteiger partial charge in [-0.1, -0.05) is 6.07 Å². The standard InChI is InChI=1S/C13H15F2NO4/c1-7(18)16-5-4-11(19)13(20)8-2-3-10(14)9(6-17)12(8)15/h2-3,6,11,13,19-20H,4-5H2,1H3,(H,16,18). The highest BCUT2D eigenvalue weighted by atomic mass is 19.1. The molecule has 20 heavy (non-hydrogen) atoms. The van der Waals surface area contributed by atoms with Crippen molar-refractivity contribution in [3.05, 3.63) is 34.9 Å². The van der Waals surface area contributed by atoms with Gasteiger partial charge >= 0.3 is 0 Å². The Morgan fingerprint density at radius 2 is 2.05 bits per heavy atom. The number of hydrogen-bond donors (Lipinski definition) is 3. The molecule has 0 radical (unpaired) electrons. The third-order valence-corrected chi connectivity index (χ3v) is 2.77. The van der Waals surface area contributed by atoms with E-state index in [-0.39, 0.29) is 30.7 Å². The van der Waals surface area contributed by atoms with Gasteiger partial charge in [-0.2, -0.15) is 0 Å². The lowest BCUT2D eigenvalue weighted by atomic mass is 9.99. The van der Waals surface area contributed by atoms with Crippen LogP contribution in [0.4, 0.5) is 8.78 Å². The molecule has 0 heterocycles. The molecule has 1 rings (SSSR count). The quantitative estimate of drug-likeness (QED) is 0.672. The van der Waals surface area contributed by atoms with Gasteiger partial charge in [0.1, 0.15) is 17.7 Å². The summed E-state index contributed by atoms with van der Waals surface area (Å²) in [4.78, 5) is 21.2. The highest BCUT2D eigenvalue weighted by molar-refractivity contribution is 5.76. The first-order valence-electron chi connectivity index (χ1n) is 5.92. The maximum atomic E-state index is 13.8. The highest BCUT2D eigenvalue weighted by Gasteiger charge is 2.24. The van der Waals surface area contributed by atoms with Crippen LogP contribution in [0, 0.1) is 11.6 Å². The topological polar surface area (TPSA) is 86.6 Å². The van der Waals surface area contributed by atoms with E-state index in [1.165, 1.54) is 6.92 Å². The normalized spacial score (nSPS) is 13.7. The predicted molar refractivity (Wildman–Crippen MR) is 66.0 cm³/mol. The van der Waals surface area contributed by atoms with Gasteiger partial charge in [-0.25, -0.2) is 8.78 Å². The minimum Gasteiger partial charge on any atom is -0.390 e. The summed E-state index contributed by atoms with van der Waals surface area (Å²) in [6.07, 6.45) is -3.00. The summed E-state index contributed by atoms with van der Waals surface area (Å²) < 4.78 is 26.9. The summed E-state index contributed by atoms with van der Waals surface area (Å²) in [7, 11) is 0. The molecule has 0 saturated heterocycles. The molecule has 1 aromatic carbocycles. The number of carbonyl (C=O) groups excluding carboxylic acids is 2. The van der Waals surface area contributed by atoms with Crippen LogP contribution in [-0.2, 0) is 4.79 Å². The molecule has 0 aliphatic carbocycles. The van der Waals surface area contributed by atoms with Gasteiger partial charge in [0.25, 0.3) is 0 Å². The average Bonchev–Trinajstić information content (AvgIpc) is 2.38. The zero-order valence-electron chi connectivity index (χ0n) is 10.8. The first-order valence-corrected chi connectivity index (χ1v) is 5.92. The van der Waals surface area contributed by atoms with Gasteiger partial charge in [-0.05, 0) is 12.5 Å². The molecule has 0 saturated carbocycles. The van der Waals surface area contributed by atoms with Gasteiger partial charge in [0.2, 0.25) is 5.91 Å². The smallest absolute Gasteiger partial charge is 0.216 e. The first kappa shape index (κ1) is 16.2. The van der Waals surface area contributed by atoms with Crippen LogP contribution < -0.4 is 5.32 Å². The Morgan fingerprint density at radius 3 is 2.60 bits per heavy atom. The fourth-order valence-corrected chi connectivity index (χ4v) is 1.68. The van der Waals surface area contributed by atoms with Crippen LogP contribution in [0.25, 0.3) is 0 Å². The maximum absolute atomic E-state index is 13.8. The zero-order chi connectivity index (χ0) is 15.3. The Morgan fingerprint density at radius 1 is 1.40 bits per heavy atom. The van der Waals surface area contributed by atoms with Crippen molar-refractivity contribution in [2.24, 2.45) is 0 Å². The minimum atomic E-state index is -1.62. The van der Waals surface area contributed by atoms with Crippen molar-refractivity contribution in [2.45, 2.75) is 25.6 Å². The number of aliphatic hydroxyl groups excluding tert-OH is 2. The molecule has 5 nitrogen and oxygen atoms in total. The summed E-state index contributed by atoms with van der Waals surface area (Å²) in [5.41, 5.74) is -1.17. The number of benzene rings is 1. The molecule has 7 heteroatoms. The number of hydrogen-bond acceptors (Lipinski definition) is 4. The van der Waals surface area contributed by atoms with Crippen molar-refractivity contribution >= 4 is 12.2 Å². The second-order valence-electron chi connectivity index (χ2n) is 4.27. The molecule has 0 aliphatic heterocycles. The number of rotatable bonds is 6. The summed E-state index contributed by atoms with van der Waals surface area (Å²) in [6, 6.07) is 1.80. The molecule has 2 unspecified atom stereocenters. The number of aldehydes is 1. The summed E-state index contributed by atoms with van der Waals surface area (Å²) >= 11 is 0. The predicted octanol–water partition coefficient (Wildman–Crippen LogP) is 0.698. The molecule has 1 aromatic rings. The Labute approximate surface area is 114 Å². The van der Waals surface area contributed by atoms with Gasteiger partial charge in [-0.3, -0.25) is 9.59 Å². The molecule has 0 aromatic heterocycles. The summed E-state index contributed by atoms with van der Waals surface area (Å²) in [5, 5.41) is 21.9. The van der Waals surface area contributed by atoms with Gasteiger partial charge in [0.15, 0.2) is 6.29 Å². The maximum Gasteiger partial charge on any atom is 0.216 e. The monoisotopic (exact) mass is 287 g/mol. The van der Waals surface area contributed by atoms with Crippen LogP contribution in [0.3, 0.4) is 0 Å². The van der Waals surface area contributed by atoms with E-state index < -0.39 is 29.4 Å². The second-order valence-corrected chi connectivity index (χ2v) is 4.27. The van der Waals surface area contributed by atoms with Crippen LogP contribution in [0.2, 0.25) is 0 Å². The van der Waals surface area contributed by atoms with Crippen molar-refractivity contribution in [2.75, 3.05) is 6.54 Å². The molecule has 110 valence electrons. The number of halogens is 2. The highest BCUT2D eigenvalue weighted by Crippen LogP contribution is 2.24. The van der Waals surface area contributed by atoms with E-state index in [2.05, 4.69) is 5.32 Å². The van der Waals surface area contributed by atoms with Gasteiger partial charge in [0.05, 0.1) is 11.7 Å². The Balaban J connectivity index is 2.83. The largest absolute Gasteiger partial charge is 0.390 e. The van der Waals surface area contributed by atoms with E-state index in [9.17, 15) is 28.6 Å². The minimum absolute atomic E-state index is 0.00454. The van der Waals surface area contributed by atoms with Crippen molar-refractivity contribution in [1.29, 1.82) is 0 Å². The van der Waals surface area contributed by atoms with Crippen molar-refractivity contribution in [3.8, 4) is 0 Å². The van der Waals surface area contributed by atoms with E-state index in [1.54, 1.807) is 0 Å². The van der Waals surface area contributed by atoms with Crippen molar-refractivity contribution in [1.82, 2.24) is 5.32 Å². The molecule has 0 spiro atoms. The Bertz CT molecular complexity index is 507. The first-order chi connectivity index (χ1) is 9.38. The van der Waals surface area contributed by atoms with Crippen LogP contribution in [0.15, 0.2) is 12.1 Å². The van der Waals surface area contributed by atoms with E-state index in [0.29, 0.717) is 0 Å². The third-order valence-electron chi connectivity index (χ3n) is 2.77. The fraction of sp³-hybridized carbons (Fsp3) is 0.385. The molecule has 3 N–H and O–H groups in total. The lowest BCUT2D eigenvalue weighted by molar-refractivity contribution is -0.119. The molecule has 0 fully saturated rings. The van der Waals surface area contributed by atoms with E-state index in [4.69, 9.17) is 0 Å². The van der Waals surface area contributed by atoms with Crippen LogP contribution in [-0.4, -0.2) is 35.1 Å². The number of amides is 1. The number of carbonyl (C=O) groups is 2. The fourth-order valence-electron chi connectivity index (χ4n) is 1.68. The zero-order valence-corrected chi connectivity index (χ0v) is 10.8. The van der Waals surface area contributed by atoms with Crippen LogP contribution >= 0.6 is 0 Å². The van der Waals surface area contributed by atoms with Gasteiger partial charge < -0.3 is 15.5 Å². The van der Waals surface area contributed by atoms with E-state index in [1.807, 2.05) is 0 Å². The summed E-state index contributed by atoms with van der Waals surface area (Å²) in [5.74, 6) is -2.55. The van der Waals surface area contributed by atoms with E-state index in [0.717, 1.165) is 12.1 Å². The van der Waals surface area contributed by atoms with Crippen molar-refractivity contribution in [3.63, 3.8) is 0 Å². The van der Waals surface area contributed by atoms with E-state index >= 15 is 0 Å². The lowest BCUT2D eigenvalue weighted by Gasteiger charge is -2.19. The summed E-state index contributed by atoms with van der Waals surface area (Å²) in [6.45, 7) is 1.38. The average molecular weight is 287 g/mol. The third kappa shape index (κ3) is 3.82. The Kier molecular flexibility index (Phi) is 5.72. The number of aliphatic hydroxyl groups is 2. The molecule has 2 atom stereocenters. The second kappa shape index (κ2) is 7.06. The molecule has 0 aliphatic rings. The number of nitrogens with one attached hydrogen (secondary N) is 1. The van der Waals surface area contributed by atoms with Crippen molar-refractivity contribution < 1.29 is 28.6 Å². The molecule has 1 amide bonds. The molecular weight excluding hydrogens is 272 g/mol. The molecule has 0 bridgehead atoms. The Hall–Kier alpha value is -1.86.